The third-order valence-electron chi connectivity index (χ3n) is 4.43. The normalized spacial score (nSPS) is 15.6. The fourth-order valence-corrected chi connectivity index (χ4v) is 3.65. The van der Waals surface area contributed by atoms with Crippen LogP contribution in [0.25, 0.3) is 0 Å². The van der Waals surface area contributed by atoms with Crippen molar-refractivity contribution < 1.29 is 14.0 Å². The van der Waals surface area contributed by atoms with E-state index in [1.807, 2.05) is 6.07 Å². The number of carbonyl (C=O) groups is 1. The molecule has 0 spiro atoms. The lowest BCUT2D eigenvalue weighted by Crippen LogP contribution is -2.28. The molecule has 30 heavy (non-hydrogen) atoms. The van der Waals surface area contributed by atoms with E-state index in [0.29, 0.717) is 38.2 Å². The number of hydrogen-bond donors (Lipinski definition) is 1. The van der Waals surface area contributed by atoms with Gasteiger partial charge >= 0.3 is 0 Å². The minimum absolute atomic E-state index is 0.277. The summed E-state index contributed by atoms with van der Waals surface area (Å²) in [5.41, 5.74) is 2.20. The summed E-state index contributed by atoms with van der Waals surface area (Å²) < 4.78 is 15.4. The van der Waals surface area contributed by atoms with Gasteiger partial charge in [0.05, 0.1) is 26.8 Å². The molecule has 0 bridgehead atoms. The quantitative estimate of drug-likeness (QED) is 0.507. The number of oxime groups is 1. The molecule has 2 aromatic carbocycles. The van der Waals surface area contributed by atoms with Gasteiger partial charge in [0.1, 0.15) is 5.82 Å². The lowest BCUT2D eigenvalue weighted by molar-refractivity contribution is -0.125. The maximum atomic E-state index is 13.1. The number of nitrogens with zero attached hydrogens (tertiary/aromatic N) is 3. The van der Waals surface area contributed by atoms with Crippen molar-refractivity contribution >= 4 is 56.6 Å². The molecule has 1 aliphatic heterocycles. The Balaban J connectivity index is 1.39. The summed E-state index contributed by atoms with van der Waals surface area (Å²) in [5, 5.41) is 12.0. The van der Waals surface area contributed by atoms with Crippen molar-refractivity contribution in [3.63, 3.8) is 0 Å². The van der Waals surface area contributed by atoms with Crippen molar-refractivity contribution in [3.8, 4) is 0 Å². The molecule has 0 fully saturated rings. The van der Waals surface area contributed by atoms with Crippen molar-refractivity contribution in [1.29, 1.82) is 0 Å². The predicted octanol–water partition coefficient (Wildman–Crippen LogP) is 5.27. The molecule has 1 aliphatic rings. The van der Waals surface area contributed by atoms with Gasteiger partial charge in [0.15, 0.2) is 5.82 Å². The van der Waals surface area contributed by atoms with E-state index in [1.165, 1.54) is 12.1 Å². The maximum absolute atomic E-state index is 13.1. The van der Waals surface area contributed by atoms with Gasteiger partial charge in [0.2, 0.25) is 6.10 Å². The van der Waals surface area contributed by atoms with Crippen LogP contribution in [0.5, 0.6) is 0 Å². The third kappa shape index (κ3) is 4.66. The number of hydrogen-bond acceptors (Lipinski definition) is 4. The number of amides is 1. The van der Waals surface area contributed by atoms with Gasteiger partial charge in [0, 0.05) is 12.6 Å². The Hall–Kier alpha value is -2.42. The van der Waals surface area contributed by atoms with Gasteiger partial charge in [-0.2, -0.15) is 5.10 Å². The second kappa shape index (κ2) is 8.75. The van der Waals surface area contributed by atoms with Gasteiger partial charge in [-0.3, -0.25) is 9.48 Å². The Bertz CT molecular complexity index is 1130. The minimum atomic E-state index is -0.794. The van der Waals surface area contributed by atoms with E-state index in [1.54, 1.807) is 35.1 Å². The van der Waals surface area contributed by atoms with Gasteiger partial charge in [-0.1, -0.05) is 46.6 Å². The summed E-state index contributed by atoms with van der Waals surface area (Å²) in [6.45, 7) is 0.448. The molecular weight excluding hydrogens is 498 g/mol. The third-order valence-corrected chi connectivity index (χ3v) is 5.75. The van der Waals surface area contributed by atoms with Crippen LogP contribution < -0.4 is 5.32 Å². The van der Waals surface area contributed by atoms with Crippen LogP contribution in [0.2, 0.25) is 10.0 Å². The first kappa shape index (κ1) is 20.8. The highest BCUT2D eigenvalue weighted by atomic mass is 79.9. The van der Waals surface area contributed by atoms with Crippen LogP contribution >= 0.6 is 39.1 Å². The van der Waals surface area contributed by atoms with Crippen LogP contribution in [0.4, 0.5) is 10.2 Å². The van der Waals surface area contributed by atoms with E-state index >= 15 is 0 Å². The SMILES string of the molecule is O=C(Nc1nn(Cc2ccc(Cl)c(Cl)c2)cc1Br)C1CC(c2ccc(F)cc2)=NO1. The van der Waals surface area contributed by atoms with Crippen molar-refractivity contribution in [3.05, 3.63) is 80.1 Å². The number of nitrogens with one attached hydrogen (secondary N) is 1. The average Bonchev–Trinajstić information content (AvgIpc) is 3.33. The Morgan fingerprint density at radius 2 is 2.00 bits per heavy atom. The summed E-state index contributed by atoms with van der Waals surface area (Å²) in [6.07, 6.45) is 1.23. The summed E-state index contributed by atoms with van der Waals surface area (Å²) in [4.78, 5) is 17.8. The molecule has 1 N–H and O–H groups in total. The summed E-state index contributed by atoms with van der Waals surface area (Å²) in [5.74, 6) is -0.357. The number of halogens is 4. The Labute approximate surface area is 189 Å². The predicted molar refractivity (Wildman–Crippen MR) is 117 cm³/mol. The Morgan fingerprint density at radius 1 is 1.23 bits per heavy atom. The molecule has 2 heterocycles. The maximum Gasteiger partial charge on any atom is 0.269 e. The van der Waals surface area contributed by atoms with Crippen LogP contribution in [0.1, 0.15) is 17.5 Å². The second-order valence-corrected chi connectivity index (χ2v) is 8.27. The highest BCUT2D eigenvalue weighted by molar-refractivity contribution is 9.10. The van der Waals surface area contributed by atoms with E-state index in [4.69, 9.17) is 28.0 Å². The molecule has 4 rings (SSSR count). The van der Waals surface area contributed by atoms with E-state index in [9.17, 15) is 9.18 Å². The zero-order valence-electron chi connectivity index (χ0n) is 15.3. The zero-order chi connectivity index (χ0) is 21.3. The molecule has 1 atom stereocenters. The molecule has 3 aromatic rings. The molecule has 1 amide bonds. The van der Waals surface area contributed by atoms with Gasteiger partial charge < -0.3 is 10.2 Å². The highest BCUT2D eigenvalue weighted by Gasteiger charge is 2.30. The molecule has 154 valence electrons. The van der Waals surface area contributed by atoms with E-state index in [2.05, 4.69) is 31.5 Å². The lowest BCUT2D eigenvalue weighted by Gasteiger charge is -2.08. The topological polar surface area (TPSA) is 68.5 Å². The fraction of sp³-hybridized carbons (Fsp3) is 0.150. The van der Waals surface area contributed by atoms with Crippen molar-refractivity contribution in [2.75, 3.05) is 5.32 Å². The van der Waals surface area contributed by atoms with E-state index in [-0.39, 0.29) is 18.1 Å². The molecule has 1 unspecified atom stereocenters. The number of rotatable bonds is 5. The van der Waals surface area contributed by atoms with Crippen LogP contribution in [0, 0.1) is 5.82 Å². The smallest absolute Gasteiger partial charge is 0.269 e. The fourth-order valence-electron chi connectivity index (χ4n) is 2.92. The summed E-state index contributed by atoms with van der Waals surface area (Å²) >= 11 is 15.4. The highest BCUT2D eigenvalue weighted by Crippen LogP contribution is 2.25. The van der Waals surface area contributed by atoms with E-state index in [0.717, 1.165) is 5.56 Å². The average molecular weight is 512 g/mol. The van der Waals surface area contributed by atoms with Crippen molar-refractivity contribution in [2.45, 2.75) is 19.1 Å². The van der Waals surface area contributed by atoms with E-state index < -0.39 is 6.10 Å². The van der Waals surface area contributed by atoms with Crippen LogP contribution in [0.3, 0.4) is 0 Å². The van der Waals surface area contributed by atoms with Crippen LogP contribution in [-0.4, -0.2) is 27.5 Å². The van der Waals surface area contributed by atoms with Gasteiger partial charge in [-0.05, 0) is 51.3 Å². The Morgan fingerprint density at radius 3 is 2.73 bits per heavy atom. The van der Waals surface area contributed by atoms with Crippen LogP contribution in [-0.2, 0) is 16.2 Å². The van der Waals surface area contributed by atoms with Gasteiger partial charge in [-0.15, -0.1) is 0 Å². The second-order valence-electron chi connectivity index (χ2n) is 6.60. The first-order valence-corrected chi connectivity index (χ1v) is 10.4. The van der Waals surface area contributed by atoms with Crippen LogP contribution in [0.15, 0.2) is 58.3 Å². The molecule has 0 radical (unpaired) electrons. The molecule has 6 nitrogen and oxygen atoms in total. The van der Waals surface area contributed by atoms with Crippen molar-refractivity contribution in [2.24, 2.45) is 5.16 Å². The molecular formula is C20H14BrCl2FN4O2. The number of carbonyl (C=O) groups excluding carboxylic acids is 1. The summed E-state index contributed by atoms with van der Waals surface area (Å²) in [7, 11) is 0. The summed E-state index contributed by atoms with van der Waals surface area (Å²) in [6, 6.07) is 11.2. The van der Waals surface area contributed by atoms with Crippen molar-refractivity contribution in [1.82, 2.24) is 9.78 Å². The largest absolute Gasteiger partial charge is 0.382 e. The molecule has 0 saturated heterocycles. The Kier molecular flexibility index (Phi) is 6.08. The molecule has 10 heteroatoms. The first-order valence-electron chi connectivity index (χ1n) is 8.85. The van der Waals surface area contributed by atoms with Gasteiger partial charge in [0.25, 0.3) is 5.91 Å². The minimum Gasteiger partial charge on any atom is -0.382 e. The number of anilines is 1. The molecule has 0 aliphatic carbocycles. The molecule has 1 aromatic heterocycles. The molecule has 0 saturated carbocycles. The zero-order valence-corrected chi connectivity index (χ0v) is 18.4. The monoisotopic (exact) mass is 510 g/mol. The number of aromatic nitrogens is 2. The standard InChI is InChI=1S/C20H14BrCl2FN4O2/c21-14-10-28(9-11-1-6-15(22)16(23)7-11)26-19(14)25-20(29)18-8-17(27-30-18)12-2-4-13(24)5-3-12/h1-7,10,18H,8-9H2,(H,25,26,29). The first-order chi connectivity index (χ1) is 14.4. The lowest BCUT2D eigenvalue weighted by atomic mass is 10.0. The number of benzene rings is 2. The van der Waals surface area contributed by atoms with Gasteiger partial charge in [-0.25, -0.2) is 4.39 Å².